The van der Waals surface area contributed by atoms with Gasteiger partial charge in [-0.2, -0.15) is 0 Å². The van der Waals surface area contributed by atoms with Crippen molar-refractivity contribution in [3.63, 3.8) is 0 Å². The minimum atomic E-state index is -0.860. The highest BCUT2D eigenvalue weighted by atomic mass is 16.3. The molecule has 0 saturated heterocycles. The average Bonchev–Trinajstić information content (AvgIpc) is 1.82. The lowest BCUT2D eigenvalue weighted by Crippen LogP contribution is -2.28. The van der Waals surface area contributed by atoms with Crippen molar-refractivity contribution in [2.24, 2.45) is 5.84 Å². The van der Waals surface area contributed by atoms with Gasteiger partial charge in [-0.1, -0.05) is 0 Å². The molecule has 0 radical (unpaired) electrons. The van der Waals surface area contributed by atoms with Gasteiger partial charge in [0.2, 0.25) is 0 Å². The van der Waals surface area contributed by atoms with E-state index in [1.807, 2.05) is 0 Å². The van der Waals surface area contributed by atoms with Gasteiger partial charge in [-0.05, 0) is 13.3 Å². The molecule has 54 valence electrons. The molecule has 0 unspecified atom stereocenters. The van der Waals surface area contributed by atoms with Crippen molar-refractivity contribution in [1.82, 2.24) is 5.43 Å². The SMILES string of the molecule is CC(=O)[C@@H](O)CCNN. The van der Waals surface area contributed by atoms with Crippen molar-refractivity contribution in [3.8, 4) is 0 Å². The molecule has 1 atom stereocenters. The molecule has 0 aliphatic rings. The minimum Gasteiger partial charge on any atom is -0.385 e. The molecule has 4 heteroatoms. The number of hydrazine groups is 1. The van der Waals surface area contributed by atoms with E-state index in [1.54, 1.807) is 0 Å². The summed E-state index contributed by atoms with van der Waals surface area (Å²) < 4.78 is 0. The van der Waals surface area contributed by atoms with Gasteiger partial charge in [-0.25, -0.2) is 0 Å². The number of aliphatic hydroxyl groups is 1. The van der Waals surface area contributed by atoms with E-state index in [0.29, 0.717) is 13.0 Å². The van der Waals surface area contributed by atoms with Crippen molar-refractivity contribution in [2.45, 2.75) is 19.4 Å². The highest BCUT2D eigenvalue weighted by Gasteiger charge is 2.06. The Morgan fingerprint density at radius 3 is 2.78 bits per heavy atom. The van der Waals surface area contributed by atoms with Gasteiger partial charge in [0, 0.05) is 6.54 Å². The predicted molar refractivity (Wildman–Crippen MR) is 33.5 cm³/mol. The normalized spacial score (nSPS) is 13.2. The fraction of sp³-hybridized carbons (Fsp3) is 0.800. The number of aliphatic hydroxyl groups excluding tert-OH is 1. The second-order valence-corrected chi connectivity index (χ2v) is 1.87. The lowest BCUT2D eigenvalue weighted by atomic mass is 10.2. The smallest absolute Gasteiger partial charge is 0.158 e. The second kappa shape index (κ2) is 4.43. The topological polar surface area (TPSA) is 75.3 Å². The molecule has 0 aromatic carbocycles. The summed E-state index contributed by atoms with van der Waals surface area (Å²) in [5.74, 6) is 4.69. The lowest BCUT2D eigenvalue weighted by molar-refractivity contribution is -0.125. The maximum absolute atomic E-state index is 10.3. The van der Waals surface area contributed by atoms with E-state index in [1.165, 1.54) is 6.92 Å². The van der Waals surface area contributed by atoms with Gasteiger partial charge in [0.1, 0.15) is 6.10 Å². The van der Waals surface area contributed by atoms with Crippen LogP contribution in [0.5, 0.6) is 0 Å². The van der Waals surface area contributed by atoms with Crippen molar-refractivity contribution in [2.75, 3.05) is 6.54 Å². The number of carbonyl (C=O) groups excluding carboxylic acids is 1. The van der Waals surface area contributed by atoms with Crippen molar-refractivity contribution >= 4 is 5.78 Å². The minimum absolute atomic E-state index is 0.217. The summed E-state index contributed by atoms with van der Waals surface area (Å²) >= 11 is 0. The van der Waals surface area contributed by atoms with Gasteiger partial charge in [0.25, 0.3) is 0 Å². The van der Waals surface area contributed by atoms with Crippen LogP contribution in [0.4, 0.5) is 0 Å². The molecule has 4 N–H and O–H groups in total. The third kappa shape index (κ3) is 4.08. The molecule has 0 aromatic heterocycles. The fourth-order valence-electron chi connectivity index (χ4n) is 0.423. The van der Waals surface area contributed by atoms with Crippen molar-refractivity contribution < 1.29 is 9.90 Å². The second-order valence-electron chi connectivity index (χ2n) is 1.87. The number of nitrogens with one attached hydrogen (secondary N) is 1. The van der Waals surface area contributed by atoms with Crippen LogP contribution in [-0.4, -0.2) is 23.5 Å². The van der Waals surface area contributed by atoms with E-state index in [4.69, 9.17) is 10.9 Å². The molecule has 0 heterocycles. The zero-order valence-electron chi connectivity index (χ0n) is 5.42. The van der Waals surface area contributed by atoms with Crippen LogP contribution in [0.15, 0.2) is 0 Å². The first-order chi connectivity index (χ1) is 4.18. The predicted octanol–water partition coefficient (Wildman–Crippen LogP) is -1.21. The zero-order valence-corrected chi connectivity index (χ0v) is 5.42. The Balaban J connectivity index is 3.27. The molecule has 0 amide bonds. The van der Waals surface area contributed by atoms with Crippen LogP contribution >= 0.6 is 0 Å². The highest BCUT2D eigenvalue weighted by molar-refractivity contribution is 5.80. The Bertz CT molecular complexity index is 95.0. The summed E-state index contributed by atoms with van der Waals surface area (Å²) in [6.07, 6.45) is -0.479. The van der Waals surface area contributed by atoms with Gasteiger partial charge in [-0.15, -0.1) is 0 Å². The molecular weight excluding hydrogens is 120 g/mol. The molecule has 0 spiro atoms. The number of rotatable bonds is 4. The summed E-state index contributed by atoms with van der Waals surface area (Å²) in [6, 6.07) is 0. The van der Waals surface area contributed by atoms with Crippen molar-refractivity contribution in [3.05, 3.63) is 0 Å². The number of carbonyl (C=O) groups is 1. The maximum Gasteiger partial charge on any atom is 0.158 e. The molecule has 0 rings (SSSR count). The largest absolute Gasteiger partial charge is 0.385 e. The van der Waals surface area contributed by atoms with E-state index in [2.05, 4.69) is 5.43 Å². The van der Waals surface area contributed by atoms with E-state index < -0.39 is 6.10 Å². The molecular formula is C5H12N2O2. The lowest BCUT2D eigenvalue weighted by Gasteiger charge is -2.03. The quantitative estimate of drug-likeness (QED) is 0.331. The Hall–Kier alpha value is -0.450. The summed E-state index contributed by atoms with van der Waals surface area (Å²) in [4.78, 5) is 10.3. The Labute approximate surface area is 54.0 Å². The molecule has 0 aliphatic heterocycles. The van der Waals surface area contributed by atoms with Crippen LogP contribution in [0.3, 0.4) is 0 Å². The van der Waals surface area contributed by atoms with E-state index in [0.717, 1.165) is 0 Å². The molecule has 9 heavy (non-hydrogen) atoms. The highest BCUT2D eigenvalue weighted by Crippen LogP contribution is 1.89. The van der Waals surface area contributed by atoms with Gasteiger partial charge < -0.3 is 5.11 Å². The number of nitrogens with two attached hydrogens (primary N) is 1. The summed E-state index contributed by atoms with van der Waals surface area (Å²) in [7, 11) is 0. The van der Waals surface area contributed by atoms with Crippen LogP contribution in [-0.2, 0) is 4.79 Å². The summed E-state index contributed by atoms with van der Waals surface area (Å²) in [6.45, 7) is 1.81. The number of ketones is 1. The summed E-state index contributed by atoms with van der Waals surface area (Å²) in [5, 5.41) is 8.81. The van der Waals surface area contributed by atoms with Crippen LogP contribution in [0.1, 0.15) is 13.3 Å². The standard InChI is InChI=1S/C5H12N2O2/c1-4(8)5(9)2-3-7-6/h5,7,9H,2-3,6H2,1H3/t5-/m0/s1. The maximum atomic E-state index is 10.3. The molecule has 0 aromatic rings. The van der Waals surface area contributed by atoms with Gasteiger partial charge in [0.05, 0.1) is 0 Å². The van der Waals surface area contributed by atoms with Gasteiger partial charge in [0.15, 0.2) is 5.78 Å². The first-order valence-electron chi connectivity index (χ1n) is 2.80. The number of hydrogen-bond acceptors (Lipinski definition) is 4. The molecule has 0 bridgehead atoms. The third-order valence-electron chi connectivity index (χ3n) is 1.03. The summed E-state index contributed by atoms with van der Waals surface area (Å²) in [5.41, 5.74) is 2.34. The Kier molecular flexibility index (Phi) is 4.21. The van der Waals surface area contributed by atoms with E-state index in [9.17, 15) is 4.79 Å². The molecule has 0 aliphatic carbocycles. The fourth-order valence-corrected chi connectivity index (χ4v) is 0.423. The van der Waals surface area contributed by atoms with Crippen LogP contribution in [0.25, 0.3) is 0 Å². The van der Waals surface area contributed by atoms with Crippen molar-refractivity contribution in [1.29, 1.82) is 0 Å². The third-order valence-corrected chi connectivity index (χ3v) is 1.03. The van der Waals surface area contributed by atoms with Crippen LogP contribution < -0.4 is 11.3 Å². The first kappa shape index (κ1) is 8.55. The Morgan fingerprint density at radius 1 is 1.89 bits per heavy atom. The molecule has 0 fully saturated rings. The zero-order chi connectivity index (χ0) is 7.28. The first-order valence-corrected chi connectivity index (χ1v) is 2.80. The number of Topliss-reactive ketones (excluding diaryl/α,β-unsaturated/α-hetero) is 1. The monoisotopic (exact) mass is 132 g/mol. The van der Waals surface area contributed by atoms with Gasteiger partial charge >= 0.3 is 0 Å². The van der Waals surface area contributed by atoms with E-state index >= 15 is 0 Å². The Morgan fingerprint density at radius 2 is 2.44 bits per heavy atom. The van der Waals surface area contributed by atoms with E-state index in [-0.39, 0.29) is 5.78 Å². The van der Waals surface area contributed by atoms with Crippen LogP contribution in [0, 0.1) is 0 Å². The van der Waals surface area contributed by atoms with Gasteiger partial charge in [-0.3, -0.25) is 16.1 Å². The number of hydrogen-bond donors (Lipinski definition) is 3. The average molecular weight is 132 g/mol. The van der Waals surface area contributed by atoms with Crippen LogP contribution in [0.2, 0.25) is 0 Å². The molecule has 0 saturated carbocycles. The molecule has 4 nitrogen and oxygen atoms in total.